The minimum atomic E-state index is -1.03. The Morgan fingerprint density at radius 3 is 2.77 bits per heavy atom. The Labute approximate surface area is 153 Å². The predicted molar refractivity (Wildman–Crippen MR) is 93.8 cm³/mol. The van der Waals surface area contributed by atoms with E-state index < -0.39 is 11.6 Å². The number of nitrogens with one attached hydrogen (secondary N) is 1. The van der Waals surface area contributed by atoms with Crippen LogP contribution in [-0.4, -0.2) is 27.5 Å². The smallest absolute Gasteiger partial charge is 0.254 e. The number of hydrogen-bond donors (Lipinski definition) is 1. The van der Waals surface area contributed by atoms with Gasteiger partial charge in [0.15, 0.2) is 11.6 Å². The minimum absolute atomic E-state index is 0.125. The number of amides is 1. The van der Waals surface area contributed by atoms with E-state index >= 15 is 0 Å². The molecule has 0 saturated carbocycles. The molecule has 26 heavy (non-hydrogen) atoms. The number of nitrogens with zero attached hydrogens (tertiary/aromatic N) is 2. The van der Waals surface area contributed by atoms with Crippen LogP contribution in [-0.2, 0) is 13.0 Å². The Morgan fingerprint density at radius 1 is 1.15 bits per heavy atom. The average Bonchev–Trinajstić information content (AvgIpc) is 3.06. The highest BCUT2D eigenvalue weighted by atomic mass is 35.5. The summed E-state index contributed by atoms with van der Waals surface area (Å²) in [5.41, 5.74) is 3.60. The van der Waals surface area contributed by atoms with Gasteiger partial charge in [-0.1, -0.05) is 23.7 Å². The summed E-state index contributed by atoms with van der Waals surface area (Å²) in [6.07, 6.45) is 0.609. The zero-order chi connectivity index (χ0) is 18.3. The van der Waals surface area contributed by atoms with Gasteiger partial charge in [-0.2, -0.15) is 5.10 Å². The van der Waals surface area contributed by atoms with E-state index in [1.165, 1.54) is 6.07 Å². The van der Waals surface area contributed by atoms with Gasteiger partial charge < -0.3 is 4.90 Å². The molecule has 3 aromatic rings. The third-order valence-corrected chi connectivity index (χ3v) is 4.72. The monoisotopic (exact) mass is 373 g/mol. The first kappa shape index (κ1) is 16.7. The van der Waals surface area contributed by atoms with Gasteiger partial charge in [-0.15, -0.1) is 0 Å². The quantitative estimate of drug-likeness (QED) is 0.731. The molecular weight excluding hydrogens is 360 g/mol. The fourth-order valence-electron chi connectivity index (χ4n) is 3.15. The topological polar surface area (TPSA) is 49.0 Å². The number of carbonyl (C=O) groups is 1. The van der Waals surface area contributed by atoms with E-state index in [0.717, 1.165) is 34.6 Å². The van der Waals surface area contributed by atoms with E-state index in [1.54, 1.807) is 11.0 Å². The molecule has 0 spiro atoms. The second-order valence-electron chi connectivity index (χ2n) is 6.15. The normalized spacial score (nSPS) is 13.6. The number of carbonyl (C=O) groups excluding carboxylic acids is 1. The lowest BCUT2D eigenvalue weighted by atomic mass is 10.0. The van der Waals surface area contributed by atoms with E-state index in [4.69, 9.17) is 11.6 Å². The molecule has 0 fully saturated rings. The molecule has 2 aromatic carbocycles. The standard InChI is InChI=1S/C19H14ClF2N3O/c20-13-3-1-2-11(8-13)18-14-10-25(7-6-17(14)23-24-18)19(26)12-4-5-15(21)16(22)9-12/h1-5,8-9H,6-7,10H2,(H,23,24). The van der Waals surface area contributed by atoms with Crippen molar-refractivity contribution in [3.05, 3.63) is 75.9 Å². The highest BCUT2D eigenvalue weighted by Crippen LogP contribution is 2.30. The fourth-order valence-corrected chi connectivity index (χ4v) is 3.34. The lowest BCUT2D eigenvalue weighted by Gasteiger charge is -2.27. The molecule has 0 bridgehead atoms. The summed E-state index contributed by atoms with van der Waals surface area (Å²) in [7, 11) is 0. The number of aromatic amines is 1. The van der Waals surface area contributed by atoms with Crippen LogP contribution in [0.3, 0.4) is 0 Å². The summed E-state index contributed by atoms with van der Waals surface area (Å²) < 4.78 is 26.6. The van der Waals surface area contributed by atoms with E-state index in [0.29, 0.717) is 24.5 Å². The van der Waals surface area contributed by atoms with Gasteiger partial charge in [-0.25, -0.2) is 8.78 Å². The lowest BCUT2D eigenvalue weighted by molar-refractivity contribution is 0.0734. The molecule has 4 nitrogen and oxygen atoms in total. The minimum Gasteiger partial charge on any atom is -0.334 e. The van der Waals surface area contributed by atoms with Crippen LogP contribution in [0.25, 0.3) is 11.3 Å². The maximum atomic E-state index is 13.4. The van der Waals surface area contributed by atoms with E-state index in [9.17, 15) is 13.6 Å². The van der Waals surface area contributed by atoms with E-state index in [1.807, 2.05) is 18.2 Å². The number of hydrogen-bond acceptors (Lipinski definition) is 2. The van der Waals surface area contributed by atoms with Crippen molar-refractivity contribution in [2.45, 2.75) is 13.0 Å². The van der Waals surface area contributed by atoms with Gasteiger partial charge in [0.1, 0.15) is 0 Å². The Balaban J connectivity index is 1.64. The fraction of sp³-hybridized carbons (Fsp3) is 0.158. The van der Waals surface area contributed by atoms with Crippen molar-refractivity contribution in [3.63, 3.8) is 0 Å². The van der Waals surface area contributed by atoms with Crippen LogP contribution in [0.5, 0.6) is 0 Å². The first-order valence-corrected chi connectivity index (χ1v) is 8.47. The second kappa shape index (κ2) is 6.53. The highest BCUT2D eigenvalue weighted by molar-refractivity contribution is 6.30. The summed E-state index contributed by atoms with van der Waals surface area (Å²) >= 11 is 6.06. The molecule has 1 amide bonds. The molecule has 7 heteroatoms. The predicted octanol–water partition coefficient (Wildman–Crippen LogP) is 4.21. The summed E-state index contributed by atoms with van der Waals surface area (Å²) in [5, 5.41) is 7.99. The van der Waals surface area contributed by atoms with Gasteiger partial charge in [-0.05, 0) is 30.3 Å². The molecule has 0 atom stereocenters. The van der Waals surface area contributed by atoms with Crippen molar-refractivity contribution in [1.82, 2.24) is 15.1 Å². The SMILES string of the molecule is O=C(c1ccc(F)c(F)c1)N1CCc2[nH]nc(-c3cccc(Cl)c3)c2C1. The van der Waals surface area contributed by atoms with Crippen LogP contribution >= 0.6 is 11.6 Å². The average molecular weight is 374 g/mol. The van der Waals surface area contributed by atoms with Gasteiger partial charge in [0.2, 0.25) is 0 Å². The number of fused-ring (bicyclic) bond motifs is 1. The maximum Gasteiger partial charge on any atom is 0.254 e. The largest absolute Gasteiger partial charge is 0.334 e. The molecule has 0 unspecified atom stereocenters. The molecule has 1 aliphatic heterocycles. The molecule has 1 aliphatic rings. The molecule has 0 radical (unpaired) electrons. The van der Waals surface area contributed by atoms with Crippen LogP contribution < -0.4 is 0 Å². The summed E-state index contributed by atoms with van der Waals surface area (Å²) in [6, 6.07) is 10.5. The zero-order valence-corrected chi connectivity index (χ0v) is 14.4. The molecule has 0 saturated heterocycles. The summed E-state index contributed by atoms with van der Waals surface area (Å²) in [6.45, 7) is 0.813. The molecular formula is C19H14ClF2N3O. The molecule has 0 aliphatic carbocycles. The Bertz CT molecular complexity index is 1000. The third kappa shape index (κ3) is 2.97. The van der Waals surface area contributed by atoms with Gasteiger partial charge in [0.05, 0.1) is 5.69 Å². The number of H-pyrrole nitrogens is 1. The molecule has 1 aromatic heterocycles. The first-order chi connectivity index (χ1) is 12.5. The summed E-state index contributed by atoms with van der Waals surface area (Å²) in [5.74, 6) is -2.34. The van der Waals surface area contributed by atoms with Crippen molar-refractivity contribution in [1.29, 1.82) is 0 Å². The highest BCUT2D eigenvalue weighted by Gasteiger charge is 2.26. The van der Waals surface area contributed by atoms with E-state index in [-0.39, 0.29) is 11.5 Å². The second-order valence-corrected chi connectivity index (χ2v) is 6.58. The maximum absolute atomic E-state index is 13.4. The van der Waals surface area contributed by atoms with Crippen LogP contribution in [0, 0.1) is 11.6 Å². The third-order valence-electron chi connectivity index (χ3n) is 4.49. The number of benzene rings is 2. The Hall–Kier alpha value is -2.73. The molecule has 4 rings (SSSR count). The van der Waals surface area contributed by atoms with Crippen molar-refractivity contribution < 1.29 is 13.6 Å². The van der Waals surface area contributed by atoms with Crippen LogP contribution in [0.2, 0.25) is 5.02 Å². The van der Waals surface area contributed by atoms with Crippen molar-refractivity contribution in [3.8, 4) is 11.3 Å². The number of halogens is 3. The van der Waals surface area contributed by atoms with E-state index in [2.05, 4.69) is 10.2 Å². The van der Waals surface area contributed by atoms with Gasteiger partial charge >= 0.3 is 0 Å². The molecule has 1 N–H and O–H groups in total. The summed E-state index contributed by atoms with van der Waals surface area (Å²) in [4.78, 5) is 14.3. The number of rotatable bonds is 2. The Morgan fingerprint density at radius 2 is 2.00 bits per heavy atom. The Kier molecular flexibility index (Phi) is 4.20. The van der Waals surface area contributed by atoms with Crippen LogP contribution in [0.4, 0.5) is 8.78 Å². The lowest BCUT2D eigenvalue weighted by Crippen LogP contribution is -2.36. The van der Waals surface area contributed by atoms with Gasteiger partial charge in [0, 0.05) is 46.9 Å². The van der Waals surface area contributed by atoms with Crippen molar-refractivity contribution >= 4 is 17.5 Å². The van der Waals surface area contributed by atoms with Crippen molar-refractivity contribution in [2.24, 2.45) is 0 Å². The van der Waals surface area contributed by atoms with Gasteiger partial charge in [0.25, 0.3) is 5.91 Å². The number of aromatic nitrogens is 2. The van der Waals surface area contributed by atoms with Crippen LogP contribution in [0.15, 0.2) is 42.5 Å². The zero-order valence-electron chi connectivity index (χ0n) is 13.6. The molecule has 2 heterocycles. The van der Waals surface area contributed by atoms with Crippen LogP contribution in [0.1, 0.15) is 21.6 Å². The molecule has 132 valence electrons. The first-order valence-electron chi connectivity index (χ1n) is 8.09. The van der Waals surface area contributed by atoms with Gasteiger partial charge in [-0.3, -0.25) is 9.89 Å². The van der Waals surface area contributed by atoms with Crippen molar-refractivity contribution in [2.75, 3.05) is 6.54 Å².